The van der Waals surface area contributed by atoms with E-state index in [0.29, 0.717) is 6.79 Å². The van der Waals surface area contributed by atoms with E-state index >= 15 is 0 Å². The van der Waals surface area contributed by atoms with Crippen LogP contribution >= 0.6 is 0 Å². The highest BCUT2D eigenvalue weighted by molar-refractivity contribution is 5.44. The highest BCUT2D eigenvalue weighted by Crippen LogP contribution is 2.36. The fourth-order valence-corrected chi connectivity index (χ4v) is 1.89. The first-order chi connectivity index (χ1) is 7.83. The lowest BCUT2D eigenvalue weighted by Crippen LogP contribution is -2.24. The minimum absolute atomic E-state index is 0.240. The Morgan fingerprint density at radius 3 is 2.94 bits per heavy atom. The van der Waals surface area contributed by atoms with Crippen LogP contribution in [-0.4, -0.2) is 19.5 Å². The van der Waals surface area contributed by atoms with Crippen molar-refractivity contribution in [1.29, 1.82) is 0 Å². The molecule has 4 heteroatoms. The lowest BCUT2D eigenvalue weighted by atomic mass is 10.1. The van der Waals surface area contributed by atoms with Crippen LogP contribution in [0.3, 0.4) is 0 Å². The van der Waals surface area contributed by atoms with E-state index in [1.165, 1.54) is 0 Å². The summed E-state index contributed by atoms with van der Waals surface area (Å²) in [4.78, 5) is 0. The third-order valence-electron chi connectivity index (χ3n) is 2.82. The molecule has 0 amide bonds. The second-order valence-electron chi connectivity index (χ2n) is 4.05. The average Bonchev–Trinajstić information content (AvgIpc) is 2.75. The second kappa shape index (κ2) is 3.96. The van der Waals surface area contributed by atoms with Crippen molar-refractivity contribution in [3.8, 4) is 11.5 Å². The molecular weight excluding hydrogens is 208 g/mol. The number of hydrogen-bond donors (Lipinski definition) is 0. The largest absolute Gasteiger partial charge is 0.454 e. The first kappa shape index (κ1) is 9.93. The molecular formula is C12H14O4. The quantitative estimate of drug-likeness (QED) is 0.730. The van der Waals surface area contributed by atoms with Gasteiger partial charge in [-0.25, -0.2) is 0 Å². The summed E-state index contributed by atoms with van der Waals surface area (Å²) >= 11 is 0. The third-order valence-corrected chi connectivity index (χ3v) is 2.82. The Labute approximate surface area is 94.1 Å². The van der Waals surface area contributed by atoms with E-state index in [1.807, 2.05) is 18.2 Å². The topological polar surface area (TPSA) is 36.9 Å². The normalized spacial score (nSPS) is 28.1. The lowest BCUT2D eigenvalue weighted by molar-refractivity contribution is -0.212. The molecule has 1 fully saturated rings. The molecule has 0 saturated carbocycles. The lowest BCUT2D eigenvalue weighted by Gasteiger charge is -2.28. The zero-order valence-electron chi connectivity index (χ0n) is 9.14. The van der Waals surface area contributed by atoms with Gasteiger partial charge >= 0.3 is 0 Å². The van der Waals surface area contributed by atoms with Crippen molar-refractivity contribution in [1.82, 2.24) is 0 Å². The van der Waals surface area contributed by atoms with E-state index in [0.717, 1.165) is 30.1 Å². The number of hydrogen-bond acceptors (Lipinski definition) is 4. The van der Waals surface area contributed by atoms with Crippen molar-refractivity contribution in [2.45, 2.75) is 25.7 Å². The summed E-state index contributed by atoms with van der Waals surface area (Å²) in [7, 11) is 0. The van der Waals surface area contributed by atoms with Crippen LogP contribution in [0.25, 0.3) is 0 Å². The fourth-order valence-electron chi connectivity index (χ4n) is 1.89. The summed E-state index contributed by atoms with van der Waals surface area (Å²) in [5.41, 5.74) is 0.982. The number of benzene rings is 1. The minimum atomic E-state index is -0.279. The smallest absolute Gasteiger partial charge is 0.231 e. The molecule has 0 radical (unpaired) electrons. The molecule has 4 nitrogen and oxygen atoms in total. The standard InChI is InChI=1S/C12H14O4/c1-8-4-5-13-12(16-8)9-2-3-10-11(6-9)15-7-14-10/h2-3,6,8,12H,4-5,7H2,1H3. The van der Waals surface area contributed by atoms with Gasteiger partial charge in [0.1, 0.15) is 0 Å². The van der Waals surface area contributed by atoms with Crippen LogP contribution in [0.5, 0.6) is 11.5 Å². The van der Waals surface area contributed by atoms with Crippen LogP contribution in [0.1, 0.15) is 25.2 Å². The molecule has 0 N–H and O–H groups in total. The van der Waals surface area contributed by atoms with Crippen molar-refractivity contribution in [3.05, 3.63) is 23.8 Å². The van der Waals surface area contributed by atoms with Gasteiger partial charge in [-0.05, 0) is 31.5 Å². The monoisotopic (exact) mass is 222 g/mol. The summed E-state index contributed by atoms with van der Waals surface area (Å²) in [6.45, 7) is 3.09. The molecule has 0 aromatic heterocycles. The molecule has 2 unspecified atom stereocenters. The summed E-state index contributed by atoms with van der Waals surface area (Å²) in [5, 5.41) is 0. The average molecular weight is 222 g/mol. The maximum absolute atomic E-state index is 5.71. The van der Waals surface area contributed by atoms with Crippen molar-refractivity contribution in [2.75, 3.05) is 13.4 Å². The fraction of sp³-hybridized carbons (Fsp3) is 0.500. The van der Waals surface area contributed by atoms with Gasteiger partial charge in [-0.2, -0.15) is 0 Å². The molecule has 1 saturated heterocycles. The predicted molar refractivity (Wildman–Crippen MR) is 56.4 cm³/mol. The van der Waals surface area contributed by atoms with Crippen molar-refractivity contribution >= 4 is 0 Å². The first-order valence-electron chi connectivity index (χ1n) is 5.49. The van der Waals surface area contributed by atoms with E-state index < -0.39 is 0 Å². The summed E-state index contributed by atoms with van der Waals surface area (Å²) in [5.74, 6) is 1.55. The Morgan fingerprint density at radius 2 is 2.06 bits per heavy atom. The van der Waals surface area contributed by atoms with Crippen LogP contribution in [0.4, 0.5) is 0 Å². The van der Waals surface area contributed by atoms with E-state index in [-0.39, 0.29) is 12.4 Å². The van der Waals surface area contributed by atoms with Gasteiger partial charge in [0.25, 0.3) is 0 Å². The molecule has 0 aliphatic carbocycles. The SMILES string of the molecule is CC1CCOC(c2ccc3c(c2)OCO3)O1. The Kier molecular flexibility index (Phi) is 2.46. The van der Waals surface area contributed by atoms with Crippen molar-refractivity contribution in [3.63, 3.8) is 0 Å². The molecule has 0 spiro atoms. The zero-order valence-corrected chi connectivity index (χ0v) is 9.14. The van der Waals surface area contributed by atoms with E-state index in [9.17, 15) is 0 Å². The first-order valence-corrected chi connectivity index (χ1v) is 5.49. The summed E-state index contributed by atoms with van der Waals surface area (Å²) < 4.78 is 21.9. The maximum atomic E-state index is 5.71. The molecule has 2 aliphatic heterocycles. The molecule has 3 rings (SSSR count). The molecule has 2 atom stereocenters. The number of ether oxygens (including phenoxy) is 4. The van der Waals surface area contributed by atoms with Crippen molar-refractivity contribution < 1.29 is 18.9 Å². The van der Waals surface area contributed by atoms with Crippen molar-refractivity contribution in [2.24, 2.45) is 0 Å². The molecule has 1 aromatic carbocycles. The van der Waals surface area contributed by atoms with E-state index in [2.05, 4.69) is 6.92 Å². The highest BCUT2D eigenvalue weighted by Gasteiger charge is 2.23. The molecule has 86 valence electrons. The van der Waals surface area contributed by atoms with Crippen LogP contribution in [0.15, 0.2) is 18.2 Å². The number of fused-ring (bicyclic) bond motifs is 1. The van der Waals surface area contributed by atoms with Gasteiger partial charge < -0.3 is 18.9 Å². The van der Waals surface area contributed by atoms with Crippen LogP contribution < -0.4 is 9.47 Å². The van der Waals surface area contributed by atoms with Crippen LogP contribution in [-0.2, 0) is 9.47 Å². The van der Waals surface area contributed by atoms with Gasteiger partial charge in [0.15, 0.2) is 17.8 Å². The van der Waals surface area contributed by atoms with E-state index in [4.69, 9.17) is 18.9 Å². The Morgan fingerprint density at radius 1 is 1.19 bits per heavy atom. The predicted octanol–water partition coefficient (Wildman–Crippen LogP) is 2.24. The molecule has 16 heavy (non-hydrogen) atoms. The van der Waals surface area contributed by atoms with Gasteiger partial charge in [0, 0.05) is 5.56 Å². The van der Waals surface area contributed by atoms with Gasteiger partial charge in [0.05, 0.1) is 12.7 Å². The zero-order chi connectivity index (χ0) is 11.0. The maximum Gasteiger partial charge on any atom is 0.231 e. The Bertz CT molecular complexity index is 391. The summed E-state index contributed by atoms with van der Waals surface area (Å²) in [6, 6.07) is 5.77. The highest BCUT2D eigenvalue weighted by atomic mass is 16.7. The van der Waals surface area contributed by atoms with Gasteiger partial charge in [0.2, 0.25) is 6.79 Å². The van der Waals surface area contributed by atoms with Crippen LogP contribution in [0, 0.1) is 0 Å². The summed E-state index contributed by atoms with van der Waals surface area (Å²) in [6.07, 6.45) is 0.906. The third kappa shape index (κ3) is 1.74. The molecule has 0 bridgehead atoms. The molecule has 1 aromatic rings. The van der Waals surface area contributed by atoms with Gasteiger partial charge in [-0.15, -0.1) is 0 Å². The minimum Gasteiger partial charge on any atom is -0.454 e. The van der Waals surface area contributed by atoms with Crippen LogP contribution in [0.2, 0.25) is 0 Å². The van der Waals surface area contributed by atoms with Gasteiger partial charge in [-0.1, -0.05) is 0 Å². The second-order valence-corrected chi connectivity index (χ2v) is 4.05. The number of rotatable bonds is 1. The Balaban J connectivity index is 1.83. The molecule has 2 heterocycles. The van der Waals surface area contributed by atoms with E-state index in [1.54, 1.807) is 0 Å². The van der Waals surface area contributed by atoms with Gasteiger partial charge in [-0.3, -0.25) is 0 Å². The molecule has 2 aliphatic rings. The Hall–Kier alpha value is -1.26.